The molecule has 0 N–H and O–H groups in total. The minimum atomic E-state index is -4.54. The zero-order valence-corrected chi connectivity index (χ0v) is 26.1. The van der Waals surface area contributed by atoms with Crippen LogP contribution in [0.1, 0.15) is 81.2 Å². The number of hydrogen-bond donors (Lipinski definition) is 0. The van der Waals surface area contributed by atoms with E-state index in [0.717, 1.165) is 30.3 Å². The average Bonchev–Trinajstić information content (AvgIpc) is 3.58. The third-order valence-electron chi connectivity index (χ3n) is 7.67. The molecule has 46 heavy (non-hydrogen) atoms. The normalized spacial score (nSPS) is 13.5. The van der Waals surface area contributed by atoms with Crippen LogP contribution < -0.4 is 9.64 Å². The highest BCUT2D eigenvalue weighted by Gasteiger charge is 2.35. The molecule has 240 valence electrons. The van der Waals surface area contributed by atoms with Crippen LogP contribution in [0.5, 0.6) is 5.88 Å². The van der Waals surface area contributed by atoms with Gasteiger partial charge in [-0.2, -0.15) is 18.2 Å². The lowest BCUT2D eigenvalue weighted by Crippen LogP contribution is -2.25. The summed E-state index contributed by atoms with van der Waals surface area (Å²) in [5.74, 6) is 1.74. The fourth-order valence-corrected chi connectivity index (χ4v) is 5.12. The Morgan fingerprint density at radius 1 is 0.913 bits per heavy atom. The van der Waals surface area contributed by atoms with E-state index in [1.807, 2.05) is 50.9 Å². The van der Waals surface area contributed by atoms with Gasteiger partial charge in [0.1, 0.15) is 29.7 Å². The summed E-state index contributed by atoms with van der Waals surface area (Å²) in [6.07, 6.45) is 3.38. The number of imidazole rings is 1. The first-order valence-corrected chi connectivity index (χ1v) is 15.0. The van der Waals surface area contributed by atoms with E-state index in [1.165, 1.54) is 17.2 Å². The molecule has 0 spiro atoms. The number of methoxy groups -OCH3 is 1. The fraction of sp³-hybridized carbons (Fsp3) is 0.419. The van der Waals surface area contributed by atoms with Crippen LogP contribution in [-0.4, -0.2) is 56.6 Å². The van der Waals surface area contributed by atoms with Gasteiger partial charge in [-0.1, -0.05) is 29.5 Å². The number of anilines is 1. The first-order valence-electron chi connectivity index (χ1n) is 15.0. The Morgan fingerprint density at radius 3 is 2.28 bits per heavy atom. The molecule has 1 saturated carbocycles. The Labute approximate surface area is 263 Å². The predicted octanol–water partition coefficient (Wildman–Crippen LogP) is 6.06. The van der Waals surface area contributed by atoms with E-state index in [9.17, 15) is 13.2 Å². The summed E-state index contributed by atoms with van der Waals surface area (Å²) in [6, 6.07) is 7.20. The van der Waals surface area contributed by atoms with Gasteiger partial charge in [0.25, 0.3) is 0 Å². The highest BCUT2D eigenvalue weighted by atomic mass is 19.4. The lowest BCUT2D eigenvalue weighted by Gasteiger charge is -2.22. The molecule has 0 bridgehead atoms. The highest BCUT2D eigenvalue weighted by Crippen LogP contribution is 2.45. The SMILES string of the molecule is COc1ncnc(C2CC2)c1-c1ncnc(N(Cc2ccc(-c3nc(C(F)(F)F)cn3C(C)C)cc2)Cc2cn(C(C)C)nn2)n1. The molecule has 4 aromatic heterocycles. The molecule has 1 aromatic carbocycles. The quantitative estimate of drug-likeness (QED) is 0.170. The van der Waals surface area contributed by atoms with Gasteiger partial charge in [-0.25, -0.2) is 29.6 Å². The number of ether oxygens (including phenoxy) is 1. The Kier molecular flexibility index (Phi) is 8.40. The minimum absolute atomic E-state index is 0.133. The van der Waals surface area contributed by atoms with Gasteiger partial charge in [0.05, 0.1) is 25.5 Å². The second-order valence-electron chi connectivity index (χ2n) is 11.8. The number of aromatic nitrogens is 10. The number of rotatable bonds is 11. The summed E-state index contributed by atoms with van der Waals surface area (Å²) in [5, 5.41) is 8.60. The van der Waals surface area contributed by atoms with E-state index in [2.05, 4.69) is 35.2 Å². The van der Waals surface area contributed by atoms with Crippen LogP contribution in [0.4, 0.5) is 19.1 Å². The highest BCUT2D eigenvalue weighted by molar-refractivity contribution is 5.66. The van der Waals surface area contributed by atoms with Gasteiger partial charge in [0.15, 0.2) is 11.5 Å². The first-order chi connectivity index (χ1) is 22.0. The number of halogens is 3. The van der Waals surface area contributed by atoms with Crippen molar-refractivity contribution in [2.24, 2.45) is 0 Å². The van der Waals surface area contributed by atoms with Crippen molar-refractivity contribution in [2.45, 2.75) is 77.8 Å². The molecule has 1 aliphatic carbocycles. The van der Waals surface area contributed by atoms with Crippen molar-refractivity contribution in [3.05, 3.63) is 72.0 Å². The molecule has 12 nitrogen and oxygen atoms in total. The molecule has 0 atom stereocenters. The maximum Gasteiger partial charge on any atom is 0.434 e. The summed E-state index contributed by atoms with van der Waals surface area (Å²) in [6.45, 7) is 8.38. The van der Waals surface area contributed by atoms with Crippen LogP contribution in [0.3, 0.4) is 0 Å². The molecule has 0 saturated heterocycles. The molecule has 6 rings (SSSR count). The Bertz CT molecular complexity index is 1810. The molecule has 1 fully saturated rings. The van der Waals surface area contributed by atoms with Crippen molar-refractivity contribution in [3.8, 4) is 28.7 Å². The molecule has 4 heterocycles. The Balaban J connectivity index is 1.34. The zero-order valence-electron chi connectivity index (χ0n) is 26.1. The van der Waals surface area contributed by atoms with Crippen molar-refractivity contribution in [1.29, 1.82) is 0 Å². The molecule has 0 radical (unpaired) electrons. The fourth-order valence-electron chi connectivity index (χ4n) is 5.12. The third-order valence-corrected chi connectivity index (χ3v) is 7.67. The van der Waals surface area contributed by atoms with Crippen LogP contribution in [0, 0.1) is 0 Å². The number of benzene rings is 1. The van der Waals surface area contributed by atoms with Crippen LogP contribution in [-0.2, 0) is 19.3 Å². The summed E-state index contributed by atoms with van der Waals surface area (Å²) < 4.78 is 49.3. The van der Waals surface area contributed by atoms with Crippen molar-refractivity contribution < 1.29 is 17.9 Å². The van der Waals surface area contributed by atoms with E-state index in [4.69, 9.17) is 9.72 Å². The third kappa shape index (κ3) is 6.53. The van der Waals surface area contributed by atoms with Crippen molar-refractivity contribution in [3.63, 3.8) is 0 Å². The molecule has 15 heteroatoms. The van der Waals surface area contributed by atoms with Gasteiger partial charge < -0.3 is 14.2 Å². The second-order valence-corrected chi connectivity index (χ2v) is 11.8. The van der Waals surface area contributed by atoms with Gasteiger partial charge in [0.2, 0.25) is 11.8 Å². The van der Waals surface area contributed by atoms with Gasteiger partial charge >= 0.3 is 6.18 Å². The maximum absolute atomic E-state index is 13.5. The van der Waals surface area contributed by atoms with Gasteiger partial charge in [-0.05, 0) is 46.1 Å². The number of nitrogens with zero attached hydrogens (tertiary/aromatic N) is 11. The number of hydrogen-bond acceptors (Lipinski definition) is 10. The van der Waals surface area contributed by atoms with E-state index in [1.54, 1.807) is 23.9 Å². The second kappa shape index (κ2) is 12.4. The largest absolute Gasteiger partial charge is 0.480 e. The smallest absolute Gasteiger partial charge is 0.434 e. The molecular weight excluding hydrogens is 599 g/mol. The Morgan fingerprint density at radius 2 is 1.65 bits per heavy atom. The van der Waals surface area contributed by atoms with Gasteiger partial charge in [-0.3, -0.25) is 0 Å². The lowest BCUT2D eigenvalue weighted by molar-refractivity contribution is -0.140. The lowest BCUT2D eigenvalue weighted by atomic mass is 10.1. The molecule has 1 aliphatic rings. The van der Waals surface area contributed by atoms with Crippen molar-refractivity contribution in [1.82, 2.24) is 49.5 Å². The van der Waals surface area contributed by atoms with E-state index in [0.29, 0.717) is 53.5 Å². The van der Waals surface area contributed by atoms with Crippen molar-refractivity contribution in [2.75, 3.05) is 12.0 Å². The van der Waals surface area contributed by atoms with Crippen LogP contribution >= 0.6 is 0 Å². The molecule has 5 aromatic rings. The minimum Gasteiger partial charge on any atom is -0.480 e. The van der Waals surface area contributed by atoms with Gasteiger partial charge in [-0.15, -0.1) is 5.10 Å². The topological polar surface area (TPSA) is 125 Å². The predicted molar refractivity (Wildman–Crippen MR) is 163 cm³/mol. The average molecular weight is 634 g/mol. The van der Waals surface area contributed by atoms with Gasteiger partial charge in [0, 0.05) is 36.3 Å². The van der Waals surface area contributed by atoms with Crippen LogP contribution in [0.15, 0.2) is 49.3 Å². The first kappa shape index (κ1) is 31.0. The monoisotopic (exact) mass is 633 g/mol. The van der Waals surface area contributed by atoms with E-state index >= 15 is 0 Å². The summed E-state index contributed by atoms with van der Waals surface area (Å²) in [5.41, 5.74) is 2.73. The summed E-state index contributed by atoms with van der Waals surface area (Å²) in [4.78, 5) is 28.5. The standard InChI is InChI=1S/C31H34F3N11O/c1-18(2)44-15-24(31(32,33)34)39-28(44)22-8-6-20(7-9-22)12-43(13-23-14-45(19(3)4)42-41-23)30-38-17-36-27(40-30)25-26(21-10-11-21)35-16-37-29(25)46-5/h6-9,14-19,21H,10-13H2,1-5H3. The Hall–Kier alpha value is -4.95. The molecular formula is C31H34F3N11O. The zero-order chi connectivity index (χ0) is 32.6. The summed E-state index contributed by atoms with van der Waals surface area (Å²) >= 11 is 0. The van der Waals surface area contributed by atoms with E-state index < -0.39 is 11.9 Å². The summed E-state index contributed by atoms with van der Waals surface area (Å²) in [7, 11) is 1.55. The maximum atomic E-state index is 13.5. The molecule has 0 amide bonds. The number of alkyl halides is 3. The van der Waals surface area contributed by atoms with E-state index in [-0.39, 0.29) is 17.9 Å². The molecule has 0 aliphatic heterocycles. The molecule has 0 unspecified atom stereocenters. The van der Waals surface area contributed by atoms with Crippen LogP contribution in [0.25, 0.3) is 22.8 Å². The van der Waals surface area contributed by atoms with Crippen molar-refractivity contribution >= 4 is 5.95 Å². The van der Waals surface area contributed by atoms with Crippen LogP contribution in [0.2, 0.25) is 0 Å².